The van der Waals surface area contributed by atoms with Crippen LogP contribution in [0.4, 0.5) is 5.69 Å². The molecule has 4 rings (SSSR count). The standard InChI is InChI=1S/C21H21ClN2O5S/c22-15-10-17-18(29-12-21(26)24-17)11-19(15)30(27,28)9-8-20(25)23-16-7-3-5-13-4-1-2-6-14(13)16/h1-2,4,6,10-11,16H,3,5,7-9,12H2,(H,23,25)(H,24,26). The number of benzene rings is 2. The molecule has 0 bridgehead atoms. The van der Waals surface area contributed by atoms with Crippen molar-refractivity contribution in [1.29, 1.82) is 0 Å². The number of hydrogen-bond acceptors (Lipinski definition) is 5. The van der Waals surface area contributed by atoms with Crippen LogP contribution in [0.5, 0.6) is 5.75 Å². The first-order valence-corrected chi connectivity index (χ1v) is 11.7. The molecule has 1 unspecified atom stereocenters. The number of aryl methyl sites for hydroxylation is 1. The zero-order chi connectivity index (χ0) is 21.3. The van der Waals surface area contributed by atoms with Gasteiger partial charge in [-0.3, -0.25) is 9.59 Å². The monoisotopic (exact) mass is 448 g/mol. The molecule has 2 N–H and O–H groups in total. The van der Waals surface area contributed by atoms with E-state index >= 15 is 0 Å². The summed E-state index contributed by atoms with van der Waals surface area (Å²) in [5.41, 5.74) is 2.63. The molecular formula is C21H21ClN2O5S. The molecular weight excluding hydrogens is 428 g/mol. The van der Waals surface area contributed by atoms with Crippen LogP contribution >= 0.6 is 11.6 Å². The molecule has 0 saturated carbocycles. The number of halogens is 1. The van der Waals surface area contributed by atoms with Crippen molar-refractivity contribution < 1.29 is 22.7 Å². The number of amides is 2. The second kappa shape index (κ2) is 8.28. The predicted octanol–water partition coefficient (Wildman–Crippen LogP) is 3.03. The quantitative estimate of drug-likeness (QED) is 0.732. The van der Waals surface area contributed by atoms with E-state index in [0.29, 0.717) is 5.69 Å². The Morgan fingerprint density at radius 1 is 1.27 bits per heavy atom. The van der Waals surface area contributed by atoms with Crippen molar-refractivity contribution in [1.82, 2.24) is 5.32 Å². The van der Waals surface area contributed by atoms with E-state index in [4.69, 9.17) is 16.3 Å². The minimum absolute atomic E-state index is 0.0267. The van der Waals surface area contributed by atoms with E-state index in [2.05, 4.69) is 16.7 Å². The lowest BCUT2D eigenvalue weighted by molar-refractivity contribution is -0.121. The topological polar surface area (TPSA) is 102 Å². The molecule has 0 saturated heterocycles. The number of rotatable bonds is 5. The number of carbonyl (C=O) groups is 2. The van der Waals surface area contributed by atoms with Crippen LogP contribution < -0.4 is 15.4 Å². The number of fused-ring (bicyclic) bond motifs is 2. The fraction of sp³-hybridized carbons (Fsp3) is 0.333. The number of carbonyl (C=O) groups excluding carboxylic acids is 2. The number of nitrogens with one attached hydrogen (secondary N) is 2. The van der Waals surface area contributed by atoms with Crippen molar-refractivity contribution in [3.8, 4) is 5.75 Å². The van der Waals surface area contributed by atoms with Crippen LogP contribution in [-0.4, -0.2) is 32.6 Å². The average Bonchev–Trinajstić information content (AvgIpc) is 2.72. The first-order chi connectivity index (χ1) is 14.3. The molecule has 0 aromatic heterocycles. The van der Waals surface area contributed by atoms with Crippen molar-refractivity contribution in [2.24, 2.45) is 0 Å². The molecule has 7 nitrogen and oxygen atoms in total. The van der Waals surface area contributed by atoms with E-state index in [1.54, 1.807) is 0 Å². The Balaban J connectivity index is 1.44. The van der Waals surface area contributed by atoms with E-state index < -0.39 is 9.84 Å². The number of sulfone groups is 1. The Hall–Kier alpha value is -2.58. The van der Waals surface area contributed by atoms with Crippen molar-refractivity contribution in [3.05, 3.63) is 52.5 Å². The minimum atomic E-state index is -3.82. The summed E-state index contributed by atoms with van der Waals surface area (Å²) in [6.07, 6.45) is 2.61. The van der Waals surface area contributed by atoms with Gasteiger partial charge in [0.2, 0.25) is 5.91 Å². The second-order valence-corrected chi connectivity index (χ2v) is 9.88. The highest BCUT2D eigenvalue weighted by atomic mass is 35.5. The highest BCUT2D eigenvalue weighted by Gasteiger charge is 2.26. The van der Waals surface area contributed by atoms with Crippen LogP contribution in [0.2, 0.25) is 5.02 Å². The van der Waals surface area contributed by atoms with E-state index in [0.717, 1.165) is 24.8 Å². The summed E-state index contributed by atoms with van der Waals surface area (Å²) in [5, 5.41) is 5.51. The first-order valence-electron chi connectivity index (χ1n) is 9.69. The van der Waals surface area contributed by atoms with Gasteiger partial charge in [0.25, 0.3) is 5.91 Å². The maximum Gasteiger partial charge on any atom is 0.262 e. The van der Waals surface area contributed by atoms with Crippen molar-refractivity contribution in [3.63, 3.8) is 0 Å². The van der Waals surface area contributed by atoms with Crippen LogP contribution in [0, 0.1) is 0 Å². The molecule has 0 radical (unpaired) electrons. The van der Waals surface area contributed by atoms with E-state index in [-0.39, 0.29) is 52.3 Å². The maximum atomic E-state index is 12.8. The van der Waals surface area contributed by atoms with Gasteiger partial charge in [-0.2, -0.15) is 0 Å². The summed E-state index contributed by atoms with van der Waals surface area (Å²) >= 11 is 6.13. The van der Waals surface area contributed by atoms with Crippen molar-refractivity contribution in [2.75, 3.05) is 17.7 Å². The van der Waals surface area contributed by atoms with Crippen LogP contribution in [0.15, 0.2) is 41.3 Å². The van der Waals surface area contributed by atoms with Gasteiger partial charge in [0, 0.05) is 12.5 Å². The SMILES string of the molecule is O=C1COc2cc(S(=O)(=O)CCC(=O)NC3CCCc4ccccc43)c(Cl)cc2N1. The van der Waals surface area contributed by atoms with Gasteiger partial charge in [-0.25, -0.2) is 8.42 Å². The van der Waals surface area contributed by atoms with Gasteiger partial charge < -0.3 is 15.4 Å². The zero-order valence-corrected chi connectivity index (χ0v) is 17.7. The van der Waals surface area contributed by atoms with E-state index in [1.165, 1.54) is 17.7 Å². The van der Waals surface area contributed by atoms with Crippen LogP contribution in [0.1, 0.15) is 36.4 Å². The van der Waals surface area contributed by atoms with Gasteiger partial charge in [-0.15, -0.1) is 0 Å². The van der Waals surface area contributed by atoms with Crippen molar-refractivity contribution in [2.45, 2.75) is 36.6 Å². The van der Waals surface area contributed by atoms with Crippen molar-refractivity contribution >= 4 is 38.9 Å². The molecule has 2 amide bonds. The Morgan fingerprint density at radius 3 is 2.90 bits per heavy atom. The number of hydrogen-bond donors (Lipinski definition) is 2. The summed E-state index contributed by atoms with van der Waals surface area (Å²) in [6.45, 7) is -0.195. The Kier molecular flexibility index (Phi) is 5.71. The Labute approximate surface area is 179 Å². The highest BCUT2D eigenvalue weighted by molar-refractivity contribution is 7.91. The molecule has 9 heteroatoms. The lowest BCUT2D eigenvalue weighted by Crippen LogP contribution is -2.32. The first kappa shape index (κ1) is 20.7. The molecule has 158 valence electrons. The zero-order valence-electron chi connectivity index (χ0n) is 16.1. The van der Waals surface area contributed by atoms with E-state index in [1.807, 2.05) is 18.2 Å². The maximum absolute atomic E-state index is 12.8. The van der Waals surface area contributed by atoms with Gasteiger partial charge in [-0.05, 0) is 36.5 Å². The highest BCUT2D eigenvalue weighted by Crippen LogP contribution is 2.36. The largest absolute Gasteiger partial charge is 0.482 e. The van der Waals surface area contributed by atoms with Gasteiger partial charge in [0.1, 0.15) is 5.75 Å². The van der Waals surface area contributed by atoms with Crippen LogP contribution in [0.25, 0.3) is 0 Å². The van der Waals surface area contributed by atoms with Crippen LogP contribution in [-0.2, 0) is 25.8 Å². The minimum Gasteiger partial charge on any atom is -0.482 e. The Bertz CT molecular complexity index is 1120. The Morgan fingerprint density at radius 2 is 2.07 bits per heavy atom. The second-order valence-electron chi connectivity index (χ2n) is 7.40. The third-order valence-corrected chi connectivity index (χ3v) is 7.48. The molecule has 0 spiro atoms. The molecule has 1 aliphatic heterocycles. The summed E-state index contributed by atoms with van der Waals surface area (Å²) in [6, 6.07) is 10.5. The summed E-state index contributed by atoms with van der Waals surface area (Å²) in [4.78, 5) is 23.8. The molecule has 1 heterocycles. The third kappa shape index (κ3) is 4.29. The summed E-state index contributed by atoms with van der Waals surface area (Å²) < 4.78 is 30.9. The fourth-order valence-electron chi connectivity index (χ4n) is 3.83. The molecule has 1 atom stereocenters. The smallest absolute Gasteiger partial charge is 0.262 e. The number of ether oxygens (including phenoxy) is 1. The number of anilines is 1. The normalized spacial score (nSPS) is 17.9. The fourth-order valence-corrected chi connectivity index (χ4v) is 5.66. The molecule has 1 aliphatic carbocycles. The molecule has 0 fully saturated rings. The summed E-state index contributed by atoms with van der Waals surface area (Å²) in [7, 11) is -3.82. The average molecular weight is 449 g/mol. The summed E-state index contributed by atoms with van der Waals surface area (Å²) in [5.74, 6) is -0.799. The van der Waals surface area contributed by atoms with Gasteiger partial charge >= 0.3 is 0 Å². The lowest BCUT2D eigenvalue weighted by atomic mass is 9.88. The third-order valence-electron chi connectivity index (χ3n) is 5.30. The van der Waals surface area contributed by atoms with Crippen LogP contribution in [0.3, 0.4) is 0 Å². The molecule has 30 heavy (non-hydrogen) atoms. The molecule has 2 aromatic carbocycles. The molecule has 2 aliphatic rings. The van der Waals surface area contributed by atoms with Gasteiger partial charge in [0.05, 0.1) is 27.4 Å². The van der Waals surface area contributed by atoms with Gasteiger partial charge in [-0.1, -0.05) is 35.9 Å². The lowest BCUT2D eigenvalue weighted by Gasteiger charge is -2.26. The van der Waals surface area contributed by atoms with Gasteiger partial charge in [0.15, 0.2) is 16.4 Å². The predicted molar refractivity (Wildman–Crippen MR) is 113 cm³/mol. The molecule has 2 aromatic rings. The van der Waals surface area contributed by atoms with E-state index in [9.17, 15) is 18.0 Å².